The molecule has 4 rings (SSSR count). The van der Waals surface area contributed by atoms with Gasteiger partial charge >= 0.3 is 5.69 Å². The molecule has 9 heteroatoms. The van der Waals surface area contributed by atoms with E-state index in [2.05, 4.69) is 5.32 Å². The number of fused-ring (bicyclic) bond motifs is 1. The lowest BCUT2D eigenvalue weighted by Gasteiger charge is -2.19. The van der Waals surface area contributed by atoms with E-state index in [1.54, 1.807) is 12.1 Å². The number of benzene rings is 3. The number of carbonyl (C=O) groups excluding carboxylic acids is 1. The molecule has 1 aromatic heterocycles. The average Bonchev–Trinajstić information content (AvgIpc) is 2.89. The third-order valence-corrected chi connectivity index (χ3v) is 6.56. The number of anilines is 3. The number of hydrogen-bond acceptors (Lipinski definition) is 6. The zero-order chi connectivity index (χ0) is 26.9. The van der Waals surface area contributed by atoms with E-state index in [0.717, 1.165) is 32.0 Å². The number of nitrogen functional groups attached to an aromatic ring is 2. The summed E-state index contributed by atoms with van der Waals surface area (Å²) in [5.41, 5.74) is 14.8. The zero-order valence-electron chi connectivity index (χ0n) is 21.4. The highest BCUT2D eigenvalue weighted by Gasteiger charge is 2.21. The van der Waals surface area contributed by atoms with Crippen LogP contribution in [0.5, 0.6) is 5.75 Å². The maximum Gasteiger partial charge on any atom is 0.337 e. The number of nitrogens with two attached hydrogens (primary N) is 2. The van der Waals surface area contributed by atoms with Gasteiger partial charge in [0.15, 0.2) is 6.61 Å². The molecule has 37 heavy (non-hydrogen) atoms. The molecular weight excluding hydrogens is 470 g/mol. The molecule has 0 atom stereocenters. The summed E-state index contributed by atoms with van der Waals surface area (Å²) in [5.74, 6) is -0.208. The van der Waals surface area contributed by atoms with E-state index in [4.69, 9.17) is 16.2 Å². The van der Waals surface area contributed by atoms with Gasteiger partial charge in [-0.2, -0.15) is 0 Å². The van der Waals surface area contributed by atoms with Crippen LogP contribution in [0.1, 0.15) is 30.0 Å². The predicted molar refractivity (Wildman–Crippen MR) is 148 cm³/mol. The van der Waals surface area contributed by atoms with E-state index < -0.39 is 17.2 Å². The maximum atomic E-state index is 13.4. The average molecular weight is 502 g/mol. The SMILES string of the molecule is CCCn1c(=O)c(NC(=O)COc2cc(C)c(N)c(C)c2C)c(N)n(-c2cccc3ccccc23)c1=O. The summed E-state index contributed by atoms with van der Waals surface area (Å²) in [4.78, 5) is 39.6. The molecule has 0 aliphatic heterocycles. The van der Waals surface area contributed by atoms with Gasteiger partial charge in [-0.25, -0.2) is 9.36 Å². The van der Waals surface area contributed by atoms with E-state index in [1.165, 1.54) is 4.57 Å². The van der Waals surface area contributed by atoms with Crippen LogP contribution >= 0.6 is 0 Å². The highest BCUT2D eigenvalue weighted by Crippen LogP contribution is 2.29. The van der Waals surface area contributed by atoms with Crippen LogP contribution in [-0.2, 0) is 11.3 Å². The number of aromatic nitrogens is 2. The Balaban J connectivity index is 1.75. The number of amides is 1. The lowest BCUT2D eigenvalue weighted by Crippen LogP contribution is -2.42. The summed E-state index contributed by atoms with van der Waals surface area (Å²) in [6.45, 7) is 7.28. The van der Waals surface area contributed by atoms with Gasteiger partial charge in [-0.1, -0.05) is 43.3 Å². The minimum atomic E-state index is -0.662. The van der Waals surface area contributed by atoms with Crippen LogP contribution in [-0.4, -0.2) is 21.6 Å². The Morgan fingerprint density at radius 1 is 1.00 bits per heavy atom. The molecule has 4 aromatic rings. The number of carbonyl (C=O) groups is 1. The van der Waals surface area contributed by atoms with Gasteiger partial charge in [0.05, 0.1) is 5.69 Å². The van der Waals surface area contributed by atoms with Gasteiger partial charge in [-0.3, -0.25) is 14.2 Å². The Hall–Kier alpha value is -4.53. The summed E-state index contributed by atoms with van der Waals surface area (Å²) in [6.07, 6.45) is 0.542. The van der Waals surface area contributed by atoms with Crippen molar-refractivity contribution >= 4 is 33.9 Å². The van der Waals surface area contributed by atoms with Gasteiger partial charge in [0.25, 0.3) is 11.5 Å². The molecule has 1 heterocycles. The number of aryl methyl sites for hydroxylation is 1. The van der Waals surface area contributed by atoms with Gasteiger partial charge < -0.3 is 21.5 Å². The largest absolute Gasteiger partial charge is 0.483 e. The molecule has 0 saturated heterocycles. The Kier molecular flexibility index (Phi) is 7.06. The Morgan fingerprint density at radius 2 is 1.70 bits per heavy atom. The maximum absolute atomic E-state index is 13.4. The number of hydrogen-bond donors (Lipinski definition) is 3. The molecule has 9 nitrogen and oxygen atoms in total. The van der Waals surface area contributed by atoms with Crippen LogP contribution in [0.4, 0.5) is 17.2 Å². The first-order chi connectivity index (χ1) is 17.6. The van der Waals surface area contributed by atoms with Crippen molar-refractivity contribution in [1.29, 1.82) is 0 Å². The van der Waals surface area contributed by atoms with E-state index in [0.29, 0.717) is 23.5 Å². The molecule has 0 spiro atoms. The molecule has 0 aliphatic rings. The van der Waals surface area contributed by atoms with Crippen LogP contribution in [0.3, 0.4) is 0 Å². The van der Waals surface area contributed by atoms with Crippen LogP contribution in [0.15, 0.2) is 58.1 Å². The first-order valence-corrected chi connectivity index (χ1v) is 12.1. The van der Waals surface area contributed by atoms with Gasteiger partial charge in [0.2, 0.25) is 0 Å². The normalized spacial score (nSPS) is 11.0. The molecule has 0 radical (unpaired) electrons. The van der Waals surface area contributed by atoms with Crippen molar-refractivity contribution in [2.45, 2.75) is 40.7 Å². The van der Waals surface area contributed by atoms with E-state index >= 15 is 0 Å². The fourth-order valence-corrected chi connectivity index (χ4v) is 4.38. The third-order valence-electron chi connectivity index (χ3n) is 6.56. The zero-order valence-corrected chi connectivity index (χ0v) is 21.4. The molecule has 0 bridgehead atoms. The molecule has 192 valence electrons. The van der Waals surface area contributed by atoms with Gasteiger partial charge in [-0.15, -0.1) is 0 Å². The second kappa shape index (κ2) is 10.2. The number of nitrogens with one attached hydrogen (secondary N) is 1. The molecule has 5 N–H and O–H groups in total. The number of ether oxygens (including phenoxy) is 1. The second-order valence-corrected chi connectivity index (χ2v) is 9.03. The van der Waals surface area contributed by atoms with Crippen molar-refractivity contribution in [3.05, 3.63) is 86.1 Å². The highest BCUT2D eigenvalue weighted by molar-refractivity contribution is 5.95. The minimum absolute atomic E-state index is 0.151. The van der Waals surface area contributed by atoms with Crippen molar-refractivity contribution in [2.24, 2.45) is 0 Å². The summed E-state index contributed by atoms with van der Waals surface area (Å²) >= 11 is 0. The smallest absolute Gasteiger partial charge is 0.337 e. The Morgan fingerprint density at radius 3 is 2.43 bits per heavy atom. The van der Waals surface area contributed by atoms with Gasteiger partial charge in [0, 0.05) is 17.6 Å². The lowest BCUT2D eigenvalue weighted by atomic mass is 10.0. The van der Waals surface area contributed by atoms with Crippen molar-refractivity contribution in [3.8, 4) is 11.4 Å². The topological polar surface area (TPSA) is 134 Å². The van der Waals surface area contributed by atoms with Crippen LogP contribution in [0.2, 0.25) is 0 Å². The van der Waals surface area contributed by atoms with E-state index in [9.17, 15) is 14.4 Å². The second-order valence-electron chi connectivity index (χ2n) is 9.03. The molecule has 0 fully saturated rings. The van der Waals surface area contributed by atoms with Crippen molar-refractivity contribution in [2.75, 3.05) is 23.4 Å². The first-order valence-electron chi connectivity index (χ1n) is 12.1. The quantitative estimate of drug-likeness (QED) is 0.331. The molecule has 0 unspecified atom stereocenters. The predicted octanol–water partition coefficient (Wildman–Crippen LogP) is 3.67. The molecule has 0 aliphatic carbocycles. The molecular formula is C28H31N5O4. The molecule has 1 amide bonds. The summed E-state index contributed by atoms with van der Waals surface area (Å²) in [6, 6.07) is 14.8. The fourth-order valence-electron chi connectivity index (χ4n) is 4.38. The molecule has 0 saturated carbocycles. The Labute approximate surface area is 214 Å². The standard InChI is InChI=1S/C28H31N5O4/c1-5-13-32-27(35)25(31-23(34)15-37-22-14-16(2)24(29)18(4)17(22)3)26(30)33(28(32)36)21-12-8-10-19-9-6-7-11-20(19)21/h6-12,14H,5,13,15,29-30H2,1-4H3,(H,31,34). The van der Waals surface area contributed by atoms with Crippen molar-refractivity contribution in [1.82, 2.24) is 9.13 Å². The highest BCUT2D eigenvalue weighted by atomic mass is 16.5. The summed E-state index contributed by atoms with van der Waals surface area (Å²) < 4.78 is 8.11. The number of rotatable bonds is 7. The van der Waals surface area contributed by atoms with E-state index in [1.807, 2.05) is 64.1 Å². The molecule has 3 aromatic carbocycles. The van der Waals surface area contributed by atoms with E-state index in [-0.39, 0.29) is 24.7 Å². The monoisotopic (exact) mass is 501 g/mol. The third kappa shape index (κ3) is 4.67. The van der Waals surface area contributed by atoms with Gasteiger partial charge in [-0.05, 0) is 61.4 Å². The fraction of sp³-hybridized carbons (Fsp3) is 0.250. The van der Waals surface area contributed by atoms with Crippen molar-refractivity contribution in [3.63, 3.8) is 0 Å². The van der Waals surface area contributed by atoms with Crippen LogP contribution in [0.25, 0.3) is 16.5 Å². The summed E-state index contributed by atoms with van der Waals surface area (Å²) in [7, 11) is 0. The van der Waals surface area contributed by atoms with Crippen LogP contribution < -0.4 is 32.8 Å². The first kappa shape index (κ1) is 25.6. The number of nitrogens with zero attached hydrogens (tertiary/aromatic N) is 2. The van der Waals surface area contributed by atoms with Crippen LogP contribution in [0, 0.1) is 20.8 Å². The Bertz CT molecular complexity index is 1630. The lowest BCUT2D eigenvalue weighted by molar-refractivity contribution is -0.118. The summed E-state index contributed by atoms with van der Waals surface area (Å²) in [5, 5.41) is 4.27. The van der Waals surface area contributed by atoms with Crippen molar-refractivity contribution < 1.29 is 9.53 Å². The van der Waals surface area contributed by atoms with Gasteiger partial charge in [0.1, 0.15) is 17.3 Å². The minimum Gasteiger partial charge on any atom is -0.483 e.